The van der Waals surface area contributed by atoms with E-state index in [1.165, 1.54) is 26.1 Å². The van der Waals surface area contributed by atoms with Crippen molar-refractivity contribution in [2.45, 2.75) is 75.3 Å². The second kappa shape index (κ2) is 10.3. The molecule has 2 unspecified atom stereocenters. The van der Waals surface area contributed by atoms with Crippen LogP contribution in [0.4, 0.5) is 0 Å². The summed E-state index contributed by atoms with van der Waals surface area (Å²) < 4.78 is 36.1. The molecule has 2 amide bonds. The third-order valence-electron chi connectivity index (χ3n) is 11.5. The van der Waals surface area contributed by atoms with Gasteiger partial charge in [0.1, 0.15) is 11.4 Å². The molecule has 0 radical (unpaired) electrons. The predicted octanol–water partition coefficient (Wildman–Crippen LogP) is 4.37. The fourth-order valence-corrected chi connectivity index (χ4v) is 9.18. The van der Waals surface area contributed by atoms with Gasteiger partial charge in [0, 0.05) is 48.6 Å². The Hall–Kier alpha value is -3.41. The summed E-state index contributed by atoms with van der Waals surface area (Å²) in [6.45, 7) is 1.21. The van der Waals surface area contributed by atoms with Gasteiger partial charge in [-0.05, 0) is 85.4 Å². The highest BCUT2D eigenvalue weighted by Crippen LogP contribution is 2.66. The number of aliphatic hydroxyl groups is 1. The van der Waals surface area contributed by atoms with Crippen LogP contribution >= 0.6 is 0 Å². The molecule has 1 saturated heterocycles. The Labute approximate surface area is 269 Å². The first kappa shape index (κ1) is 30.0. The molecule has 2 aromatic carbocycles. The zero-order chi connectivity index (χ0) is 32.2. The number of methoxy groups -OCH3 is 1. The normalized spacial score (nSPS) is 25.2. The second-order valence-electron chi connectivity index (χ2n) is 14.5. The number of aromatic nitrogens is 1. The van der Waals surface area contributed by atoms with Gasteiger partial charge < -0.3 is 19.3 Å². The van der Waals surface area contributed by atoms with E-state index in [0.717, 1.165) is 76.3 Å². The average molecular weight is 647 g/mol. The van der Waals surface area contributed by atoms with E-state index in [4.69, 9.17) is 4.74 Å². The molecular formula is C35H42N4O6S. The van der Waals surface area contributed by atoms with Crippen molar-refractivity contribution in [3.63, 3.8) is 0 Å². The molecule has 1 aromatic heterocycles. The molecule has 2 aliphatic heterocycles. The topological polar surface area (TPSA) is 121 Å². The van der Waals surface area contributed by atoms with Gasteiger partial charge in [-0.15, -0.1) is 0 Å². The number of hydrogen-bond donors (Lipinski definition) is 2. The molecule has 0 bridgehead atoms. The molecule has 46 heavy (non-hydrogen) atoms. The van der Waals surface area contributed by atoms with Crippen molar-refractivity contribution >= 4 is 32.9 Å². The third kappa shape index (κ3) is 4.52. The lowest BCUT2D eigenvalue weighted by Crippen LogP contribution is -2.66. The van der Waals surface area contributed by atoms with E-state index in [0.29, 0.717) is 37.9 Å². The molecule has 3 aliphatic carbocycles. The molecule has 5 aliphatic rings. The molecule has 3 saturated carbocycles. The van der Waals surface area contributed by atoms with Crippen LogP contribution in [-0.4, -0.2) is 79.0 Å². The number of likely N-dealkylation sites (tertiary alicyclic amines) is 1. The number of β-amino-alcohol motifs (C(OH)–C–C–N with tert-alkyl or cyclic N) is 1. The van der Waals surface area contributed by atoms with Crippen LogP contribution in [0.25, 0.3) is 22.2 Å². The minimum atomic E-state index is -3.98. The maximum Gasteiger partial charge on any atom is 0.303 e. The van der Waals surface area contributed by atoms with Crippen LogP contribution in [0.1, 0.15) is 84.7 Å². The van der Waals surface area contributed by atoms with Gasteiger partial charge >= 0.3 is 10.2 Å². The van der Waals surface area contributed by atoms with Gasteiger partial charge in [-0.2, -0.15) is 12.7 Å². The van der Waals surface area contributed by atoms with Crippen LogP contribution in [0.2, 0.25) is 0 Å². The molecule has 10 nitrogen and oxygen atoms in total. The minimum absolute atomic E-state index is 0.00518. The van der Waals surface area contributed by atoms with E-state index in [1.54, 1.807) is 19.2 Å². The summed E-state index contributed by atoms with van der Waals surface area (Å²) in [5.41, 5.74) is 4.19. The van der Waals surface area contributed by atoms with E-state index >= 15 is 0 Å². The van der Waals surface area contributed by atoms with Crippen LogP contribution in [0.3, 0.4) is 0 Å². The van der Waals surface area contributed by atoms with Gasteiger partial charge in [0.15, 0.2) is 0 Å². The number of carbonyl (C=O) groups excluding carboxylic acids is 2. The average Bonchev–Trinajstić information content (AvgIpc) is 3.95. The number of carbonyl (C=O) groups is 2. The van der Waals surface area contributed by atoms with Gasteiger partial charge in [0.05, 0.1) is 31.3 Å². The second-order valence-corrected chi connectivity index (χ2v) is 16.4. The Balaban J connectivity index is 1.29. The van der Waals surface area contributed by atoms with Gasteiger partial charge in [-0.3, -0.25) is 9.59 Å². The van der Waals surface area contributed by atoms with E-state index < -0.39 is 27.1 Å². The highest BCUT2D eigenvalue weighted by Gasteiger charge is 2.66. The van der Waals surface area contributed by atoms with Gasteiger partial charge in [-0.1, -0.05) is 25.3 Å². The number of ether oxygens (including phenoxy) is 1. The molecule has 3 aromatic rings. The van der Waals surface area contributed by atoms with Crippen LogP contribution in [0.5, 0.6) is 5.75 Å². The molecule has 3 heterocycles. The van der Waals surface area contributed by atoms with Gasteiger partial charge in [0.25, 0.3) is 5.91 Å². The number of nitrogens with one attached hydrogen (secondary N) is 1. The van der Waals surface area contributed by atoms with Crippen LogP contribution in [0.15, 0.2) is 36.4 Å². The number of hydrogen-bond acceptors (Lipinski definition) is 6. The molecular weight excluding hydrogens is 604 g/mol. The summed E-state index contributed by atoms with van der Waals surface area (Å²) in [6.07, 6.45) is 8.40. The zero-order valence-corrected chi connectivity index (χ0v) is 27.5. The highest BCUT2D eigenvalue weighted by molar-refractivity contribution is 7.87. The Morgan fingerprint density at radius 1 is 1.00 bits per heavy atom. The van der Waals surface area contributed by atoms with Crippen molar-refractivity contribution in [2.75, 3.05) is 34.3 Å². The first-order valence-electron chi connectivity index (χ1n) is 16.6. The SMILES string of the molecule is COc1ccc2c(c1)C1CC1(C(=O)N1CC(O)(C3CC3)C1)Cn1c-2c(C2CCCCC2)c2ccc(C(=O)NS(=O)(=O)N(C)C)cc21. The van der Waals surface area contributed by atoms with E-state index in [-0.39, 0.29) is 17.4 Å². The Morgan fingerprint density at radius 3 is 2.41 bits per heavy atom. The summed E-state index contributed by atoms with van der Waals surface area (Å²) in [6, 6.07) is 11.7. The number of rotatable bonds is 7. The standard InChI is InChI=1S/C35H42N4O6S/c1-37(2)46(43,44)36-32(40)22-9-13-26-29(15-22)39-18-34(33(41)38-19-35(42,20-38)23-10-11-23)17-28(34)27-16-24(45-3)12-14-25(27)31(39)30(26)21-7-5-4-6-8-21/h9,12-16,21,23,28,42H,4-8,10-11,17-20H2,1-3H3,(H,36,40). The number of fused-ring (bicyclic) bond motifs is 7. The number of benzene rings is 2. The molecule has 2 atom stereocenters. The van der Waals surface area contributed by atoms with Crippen molar-refractivity contribution in [1.82, 2.24) is 18.5 Å². The first-order chi connectivity index (χ1) is 22.0. The molecule has 0 spiro atoms. The fourth-order valence-electron chi connectivity index (χ4n) is 8.64. The van der Waals surface area contributed by atoms with Gasteiger partial charge in [0.2, 0.25) is 5.91 Å². The summed E-state index contributed by atoms with van der Waals surface area (Å²) >= 11 is 0. The summed E-state index contributed by atoms with van der Waals surface area (Å²) in [5, 5.41) is 12.1. The number of amides is 2. The van der Waals surface area contributed by atoms with Gasteiger partial charge in [-0.25, -0.2) is 4.72 Å². The monoisotopic (exact) mass is 646 g/mol. The lowest BCUT2D eigenvalue weighted by molar-refractivity contribution is -0.165. The zero-order valence-electron chi connectivity index (χ0n) is 26.7. The van der Waals surface area contributed by atoms with Crippen LogP contribution < -0.4 is 9.46 Å². The molecule has 2 N–H and O–H groups in total. The molecule has 4 fully saturated rings. The van der Waals surface area contributed by atoms with Crippen molar-refractivity contribution in [1.29, 1.82) is 0 Å². The first-order valence-corrected chi connectivity index (χ1v) is 18.0. The van der Waals surface area contributed by atoms with Crippen LogP contribution in [-0.2, 0) is 21.5 Å². The van der Waals surface area contributed by atoms with Crippen molar-refractivity contribution in [2.24, 2.45) is 11.3 Å². The Bertz CT molecular complexity index is 1880. The highest BCUT2D eigenvalue weighted by atomic mass is 32.2. The minimum Gasteiger partial charge on any atom is -0.497 e. The Kier molecular flexibility index (Phi) is 6.70. The fraction of sp³-hybridized carbons (Fsp3) is 0.543. The Morgan fingerprint density at radius 2 is 1.74 bits per heavy atom. The smallest absolute Gasteiger partial charge is 0.303 e. The van der Waals surface area contributed by atoms with Crippen molar-refractivity contribution in [3.05, 3.63) is 53.1 Å². The lowest BCUT2D eigenvalue weighted by Gasteiger charge is -2.48. The van der Waals surface area contributed by atoms with E-state index in [9.17, 15) is 23.1 Å². The maximum absolute atomic E-state index is 14.5. The van der Waals surface area contributed by atoms with Crippen LogP contribution in [0, 0.1) is 11.3 Å². The summed E-state index contributed by atoms with van der Waals surface area (Å²) in [5.74, 6) is 0.772. The van der Waals surface area contributed by atoms with E-state index in [1.807, 2.05) is 17.0 Å². The van der Waals surface area contributed by atoms with E-state index in [2.05, 4.69) is 21.4 Å². The lowest BCUT2D eigenvalue weighted by atomic mass is 9.81. The third-order valence-corrected chi connectivity index (χ3v) is 12.9. The van der Waals surface area contributed by atoms with Crippen molar-refractivity contribution < 1.29 is 27.9 Å². The molecule has 11 heteroatoms. The predicted molar refractivity (Wildman–Crippen MR) is 174 cm³/mol. The quantitative estimate of drug-likeness (QED) is 0.394. The molecule has 8 rings (SSSR count). The van der Waals surface area contributed by atoms with Crippen molar-refractivity contribution in [3.8, 4) is 17.0 Å². The molecule has 244 valence electrons. The number of nitrogens with zero attached hydrogens (tertiary/aromatic N) is 3. The maximum atomic E-state index is 14.5. The summed E-state index contributed by atoms with van der Waals surface area (Å²) in [7, 11) is 0.438. The largest absolute Gasteiger partial charge is 0.497 e. The summed E-state index contributed by atoms with van der Waals surface area (Å²) in [4.78, 5) is 29.6.